The third-order valence-corrected chi connectivity index (χ3v) is 3.21. The SMILES string of the molecule is [2H]C([2H])([2H])C([2H])([2H])CCC/C=C\C/C=C\C/C=C\C/C=C\CCCC(=O)OCC. The summed E-state index contributed by atoms with van der Waals surface area (Å²) >= 11 is 0. The molecule has 0 bridgehead atoms. The Morgan fingerprint density at radius 3 is 1.96 bits per heavy atom. The molecule has 0 N–H and O–H groups in total. The molecule has 136 valence electrons. The molecule has 0 saturated heterocycles. The summed E-state index contributed by atoms with van der Waals surface area (Å²) in [6.07, 6.45) is 20.5. The highest BCUT2D eigenvalue weighted by atomic mass is 16.5. The van der Waals surface area contributed by atoms with Crippen LogP contribution in [0, 0.1) is 0 Å². The molecule has 24 heavy (non-hydrogen) atoms. The van der Waals surface area contributed by atoms with Crippen LogP contribution >= 0.6 is 0 Å². The first-order valence-electron chi connectivity index (χ1n) is 11.5. The summed E-state index contributed by atoms with van der Waals surface area (Å²) in [5.74, 6) is -0.126. The number of hydrogen-bond acceptors (Lipinski definition) is 2. The molecule has 0 spiro atoms. The highest BCUT2D eigenvalue weighted by molar-refractivity contribution is 5.69. The number of esters is 1. The molecule has 0 aliphatic rings. The van der Waals surface area contributed by atoms with Gasteiger partial charge in [0.15, 0.2) is 0 Å². The Morgan fingerprint density at radius 2 is 1.42 bits per heavy atom. The number of hydrogen-bond donors (Lipinski definition) is 0. The maximum Gasteiger partial charge on any atom is 0.305 e. The predicted octanol–water partition coefficient (Wildman–Crippen LogP) is 6.70. The Morgan fingerprint density at radius 1 is 0.875 bits per heavy atom. The summed E-state index contributed by atoms with van der Waals surface area (Å²) in [6, 6.07) is 0. The monoisotopic (exact) mass is 337 g/mol. The van der Waals surface area contributed by atoms with E-state index in [9.17, 15) is 4.79 Å². The summed E-state index contributed by atoms with van der Waals surface area (Å²) in [4.78, 5) is 11.2. The van der Waals surface area contributed by atoms with Crippen molar-refractivity contribution < 1.29 is 16.4 Å². The third kappa shape index (κ3) is 18.5. The maximum absolute atomic E-state index is 11.2. The lowest BCUT2D eigenvalue weighted by atomic mass is 10.2. The molecular formula is C22H36O2. The van der Waals surface area contributed by atoms with E-state index in [1.165, 1.54) is 0 Å². The summed E-state index contributed by atoms with van der Waals surface area (Å²) in [5, 5.41) is 0. The van der Waals surface area contributed by atoms with Gasteiger partial charge in [-0.1, -0.05) is 68.3 Å². The fourth-order valence-electron chi connectivity index (χ4n) is 1.95. The zero-order chi connectivity index (χ0) is 22.0. The Balaban J connectivity index is 3.65. The Labute approximate surface area is 156 Å². The average Bonchev–Trinajstić information content (AvgIpc) is 2.63. The molecule has 0 radical (unpaired) electrons. The minimum absolute atomic E-state index is 0.0499. The Hall–Kier alpha value is -1.57. The molecule has 2 nitrogen and oxygen atoms in total. The van der Waals surface area contributed by atoms with Crippen LogP contribution in [-0.4, -0.2) is 12.6 Å². The topological polar surface area (TPSA) is 26.3 Å². The number of rotatable bonds is 15. The van der Waals surface area contributed by atoms with Crippen molar-refractivity contribution in [2.75, 3.05) is 6.61 Å². The lowest BCUT2D eigenvalue weighted by Crippen LogP contribution is -2.02. The number of carbonyl (C=O) groups is 1. The smallest absolute Gasteiger partial charge is 0.305 e. The predicted molar refractivity (Wildman–Crippen MR) is 105 cm³/mol. The molecule has 0 unspecified atom stereocenters. The molecule has 0 aromatic rings. The van der Waals surface area contributed by atoms with E-state index >= 15 is 0 Å². The highest BCUT2D eigenvalue weighted by Gasteiger charge is 1.98. The lowest BCUT2D eigenvalue weighted by Gasteiger charge is -1.98. The molecule has 0 heterocycles. The van der Waals surface area contributed by atoms with E-state index in [0.29, 0.717) is 25.9 Å². The van der Waals surface area contributed by atoms with E-state index in [-0.39, 0.29) is 12.4 Å². The van der Waals surface area contributed by atoms with Crippen molar-refractivity contribution in [2.24, 2.45) is 0 Å². The first-order valence-corrected chi connectivity index (χ1v) is 8.96. The molecule has 0 saturated carbocycles. The van der Waals surface area contributed by atoms with E-state index in [1.807, 2.05) is 19.1 Å². The van der Waals surface area contributed by atoms with Crippen LogP contribution < -0.4 is 0 Å². The van der Waals surface area contributed by atoms with Crippen molar-refractivity contribution in [3.8, 4) is 0 Å². The summed E-state index contributed by atoms with van der Waals surface area (Å²) < 4.78 is 41.4. The highest BCUT2D eigenvalue weighted by Crippen LogP contribution is 2.02. The molecular weight excluding hydrogens is 296 g/mol. The van der Waals surface area contributed by atoms with Crippen LogP contribution in [0.5, 0.6) is 0 Å². The first kappa shape index (κ1) is 14.7. The molecule has 0 fully saturated rings. The quantitative estimate of drug-likeness (QED) is 0.189. The van der Waals surface area contributed by atoms with Crippen LogP contribution in [0.1, 0.15) is 84.8 Å². The second-order valence-corrected chi connectivity index (χ2v) is 5.36. The van der Waals surface area contributed by atoms with Crippen LogP contribution in [-0.2, 0) is 9.53 Å². The zero-order valence-electron chi connectivity index (χ0n) is 20.0. The first-order chi connectivity index (χ1) is 13.7. The van der Waals surface area contributed by atoms with Gasteiger partial charge >= 0.3 is 5.97 Å². The lowest BCUT2D eigenvalue weighted by molar-refractivity contribution is -0.143. The summed E-state index contributed by atoms with van der Waals surface area (Å²) in [5.41, 5.74) is 0. The van der Waals surface area contributed by atoms with Gasteiger partial charge in [0.05, 0.1) is 6.61 Å². The second kappa shape index (κ2) is 19.5. The summed E-state index contributed by atoms with van der Waals surface area (Å²) in [6.45, 7) is -0.293. The van der Waals surface area contributed by atoms with E-state index < -0.39 is 13.2 Å². The van der Waals surface area contributed by atoms with E-state index in [0.717, 1.165) is 32.1 Å². The van der Waals surface area contributed by atoms with Gasteiger partial charge in [-0.3, -0.25) is 4.79 Å². The van der Waals surface area contributed by atoms with Gasteiger partial charge in [-0.2, -0.15) is 0 Å². The van der Waals surface area contributed by atoms with Gasteiger partial charge in [-0.15, -0.1) is 0 Å². The van der Waals surface area contributed by atoms with Crippen molar-refractivity contribution >= 4 is 5.97 Å². The van der Waals surface area contributed by atoms with Gasteiger partial charge in [-0.25, -0.2) is 0 Å². The number of allylic oxidation sites excluding steroid dienone is 8. The van der Waals surface area contributed by atoms with Gasteiger partial charge < -0.3 is 4.74 Å². The van der Waals surface area contributed by atoms with Crippen molar-refractivity contribution in [1.29, 1.82) is 0 Å². The molecule has 0 amide bonds. The van der Waals surface area contributed by atoms with Crippen LogP contribution in [0.2, 0.25) is 0 Å². The minimum Gasteiger partial charge on any atom is -0.466 e. The van der Waals surface area contributed by atoms with Crippen LogP contribution in [0.15, 0.2) is 48.6 Å². The largest absolute Gasteiger partial charge is 0.466 e. The van der Waals surface area contributed by atoms with Gasteiger partial charge in [-0.05, 0) is 51.9 Å². The van der Waals surface area contributed by atoms with Crippen LogP contribution in [0.4, 0.5) is 0 Å². The van der Waals surface area contributed by atoms with E-state index in [4.69, 9.17) is 11.6 Å². The van der Waals surface area contributed by atoms with Crippen molar-refractivity contribution in [3.05, 3.63) is 48.6 Å². The molecule has 0 atom stereocenters. The summed E-state index contributed by atoms with van der Waals surface area (Å²) in [7, 11) is 0. The fourth-order valence-corrected chi connectivity index (χ4v) is 1.95. The van der Waals surface area contributed by atoms with Gasteiger partial charge in [0.1, 0.15) is 0 Å². The minimum atomic E-state index is -2.55. The van der Waals surface area contributed by atoms with Crippen LogP contribution in [0.25, 0.3) is 0 Å². The normalized spacial score (nSPS) is 16.5. The third-order valence-electron chi connectivity index (χ3n) is 3.21. The van der Waals surface area contributed by atoms with Crippen molar-refractivity contribution in [2.45, 2.75) is 77.9 Å². The molecule has 0 aromatic heterocycles. The Kier molecular flexibility index (Phi) is 12.0. The Bertz CT molecular complexity index is 546. The average molecular weight is 338 g/mol. The molecule has 2 heteroatoms. The number of carbonyl (C=O) groups excluding carboxylic acids is 1. The molecule has 0 aromatic carbocycles. The standard InChI is InChI=1S/C22H36O2/c1-3-5-6-7-8-9-10-11-12-13-14-15-16-17-18-19-20-21-22(23)24-4-2/h8-9,11-12,14-15,17-18H,3-7,10,13,16,19-21H2,1-2H3/b9-8-,12-11-,15-14-,18-17-/i1D3,3D2. The number of ether oxygens (including phenoxy) is 1. The van der Waals surface area contributed by atoms with Gasteiger partial charge in [0.25, 0.3) is 0 Å². The maximum atomic E-state index is 11.2. The van der Waals surface area contributed by atoms with E-state index in [1.54, 1.807) is 0 Å². The zero-order valence-corrected chi connectivity index (χ0v) is 15.0. The van der Waals surface area contributed by atoms with Crippen LogP contribution in [0.3, 0.4) is 0 Å². The fraction of sp³-hybridized carbons (Fsp3) is 0.591. The van der Waals surface area contributed by atoms with Crippen molar-refractivity contribution in [1.82, 2.24) is 0 Å². The molecule has 0 aliphatic carbocycles. The van der Waals surface area contributed by atoms with E-state index in [2.05, 4.69) is 36.5 Å². The molecule has 0 aliphatic heterocycles. The molecule has 0 rings (SSSR count). The number of unbranched alkanes of at least 4 members (excludes halogenated alkanes) is 2. The second-order valence-electron chi connectivity index (χ2n) is 5.36. The van der Waals surface area contributed by atoms with Crippen molar-refractivity contribution in [3.63, 3.8) is 0 Å². The van der Waals surface area contributed by atoms with Gasteiger partial charge in [0.2, 0.25) is 0 Å². The van der Waals surface area contributed by atoms with Gasteiger partial charge in [0, 0.05) is 13.3 Å².